The Morgan fingerprint density at radius 2 is 1.30 bits per heavy atom. The summed E-state index contributed by atoms with van der Waals surface area (Å²) < 4.78 is 49.7. The summed E-state index contributed by atoms with van der Waals surface area (Å²) in [6, 6.07) is 0. The first-order valence-electron chi connectivity index (χ1n) is 5.48. The van der Waals surface area contributed by atoms with Gasteiger partial charge < -0.3 is 4.74 Å². The largest absolute Gasteiger partial charge is 0.378 e. The lowest BCUT2D eigenvalue weighted by Crippen LogP contribution is -2.18. The maximum absolute atomic E-state index is 12.0. The third-order valence-electron chi connectivity index (χ3n) is 1.44. The summed E-state index contributed by atoms with van der Waals surface area (Å²) in [5, 5.41) is 0. The van der Waals surface area contributed by atoms with Gasteiger partial charge in [-0.25, -0.2) is 4.39 Å². The summed E-state index contributed by atoms with van der Waals surface area (Å²) in [4.78, 5) is 0. The van der Waals surface area contributed by atoms with Crippen LogP contribution in [0.1, 0.15) is 85.1 Å². The van der Waals surface area contributed by atoms with Gasteiger partial charge in [-0.1, -0.05) is 64.5 Å². The number of halogens is 4. The summed E-state index contributed by atoms with van der Waals surface area (Å²) in [5.41, 5.74) is -0.278. The highest BCUT2D eigenvalue weighted by Gasteiger charge is 2.28. The highest BCUT2D eigenvalue weighted by molar-refractivity contribution is 4.97. The first-order valence-corrected chi connectivity index (χ1v) is 5.48. The van der Waals surface area contributed by atoms with Crippen LogP contribution >= 0.6 is 0 Å². The molecule has 0 saturated heterocycles. The Labute approximate surface area is 146 Å². The molecule has 0 aromatic heterocycles. The van der Waals surface area contributed by atoms with Crippen molar-refractivity contribution in [1.29, 1.82) is 0 Å². The first kappa shape index (κ1) is 57.1. The van der Waals surface area contributed by atoms with Crippen molar-refractivity contribution in [3.05, 3.63) is 12.2 Å². The van der Waals surface area contributed by atoms with Crippen LogP contribution in [0.25, 0.3) is 0 Å². The van der Waals surface area contributed by atoms with Crippen LogP contribution in [0, 0.1) is 0 Å². The minimum atomic E-state index is -3.15. The van der Waals surface area contributed by atoms with E-state index in [1.165, 1.54) is 13.8 Å². The highest BCUT2D eigenvalue weighted by Crippen LogP contribution is 2.21. The molecule has 0 spiro atoms. The van der Waals surface area contributed by atoms with Crippen molar-refractivity contribution >= 4 is 0 Å². The number of hydrogen-bond donors (Lipinski definition) is 0. The second-order valence-electron chi connectivity index (χ2n) is 3.34. The van der Waals surface area contributed by atoms with E-state index in [9.17, 15) is 17.6 Å². The van der Waals surface area contributed by atoms with E-state index >= 15 is 0 Å². The van der Waals surface area contributed by atoms with Gasteiger partial charge in [-0.3, -0.25) is 4.39 Å². The van der Waals surface area contributed by atoms with Gasteiger partial charge in [0.05, 0.1) is 12.8 Å². The summed E-state index contributed by atoms with van der Waals surface area (Å²) in [5.74, 6) is 0. The molecule has 0 aliphatic carbocycles. The van der Waals surface area contributed by atoms with Gasteiger partial charge in [0.2, 0.25) is 0 Å². The molecule has 5 heteroatoms. The van der Waals surface area contributed by atoms with Crippen LogP contribution < -0.4 is 0 Å². The topological polar surface area (TPSA) is 9.23 Å². The summed E-state index contributed by atoms with van der Waals surface area (Å²) in [7, 11) is 0.939. The molecule has 0 rings (SSSR count). The second-order valence-corrected chi connectivity index (χ2v) is 3.34. The van der Waals surface area contributed by atoms with E-state index in [2.05, 4.69) is 11.3 Å². The van der Waals surface area contributed by atoms with Gasteiger partial charge in [0, 0.05) is 12.7 Å². The van der Waals surface area contributed by atoms with Crippen LogP contribution in [-0.2, 0) is 4.74 Å². The molecular formula is C18H48F4O. The molecule has 0 saturated carbocycles. The van der Waals surface area contributed by atoms with E-state index in [4.69, 9.17) is 0 Å². The minimum absolute atomic E-state index is 0. The van der Waals surface area contributed by atoms with Crippen LogP contribution in [0.3, 0.4) is 0 Å². The Morgan fingerprint density at radius 3 is 1.30 bits per heavy atom. The normalized spacial score (nSPS) is 8.57. The standard InChI is InChI=1S/C5H8F2O.C5H11F.C2H5F.6CH4/c1-4(2)5(6,7)8-3;1-3-4-5(2)6;1-2-3;;;;;;/h1H2,2-3H3;5H,3-4H2,1-2H3;2H2,1H3;6*1H4. The molecule has 1 unspecified atom stereocenters. The Hall–Kier alpha value is -0.580. The quantitative estimate of drug-likeness (QED) is 0.361. The molecule has 0 N–H and O–H groups in total. The van der Waals surface area contributed by atoms with Crippen LogP contribution in [0.2, 0.25) is 0 Å². The van der Waals surface area contributed by atoms with E-state index in [0.717, 1.165) is 13.5 Å². The van der Waals surface area contributed by atoms with E-state index in [1.807, 2.05) is 6.92 Å². The number of alkyl halides is 4. The van der Waals surface area contributed by atoms with Gasteiger partial charge in [-0.05, 0) is 27.2 Å². The molecule has 0 aromatic carbocycles. The number of methoxy groups -OCH3 is 1. The molecule has 1 nitrogen and oxygen atoms in total. The average Bonchev–Trinajstić information content (AvgIpc) is 2.19. The molecule has 0 heterocycles. The lowest BCUT2D eigenvalue weighted by atomic mass is 10.2. The first-order chi connectivity index (χ1) is 7.69. The molecule has 154 valence electrons. The molecule has 0 aliphatic heterocycles. The maximum atomic E-state index is 12.0. The fourth-order valence-electron chi connectivity index (χ4n) is 0.572. The molecular weight excluding hydrogens is 308 g/mol. The van der Waals surface area contributed by atoms with Gasteiger partial charge >= 0.3 is 6.11 Å². The van der Waals surface area contributed by atoms with Crippen LogP contribution in [0.5, 0.6) is 0 Å². The molecule has 0 amide bonds. The summed E-state index contributed by atoms with van der Waals surface area (Å²) in [6.45, 7) is 9.01. The molecule has 1 atom stereocenters. The molecule has 23 heavy (non-hydrogen) atoms. The fraction of sp³-hybridized carbons (Fsp3) is 0.889. The van der Waals surface area contributed by atoms with E-state index in [0.29, 0.717) is 6.42 Å². The molecule has 0 fully saturated rings. The Balaban J connectivity index is -0.0000000172. The zero-order valence-corrected chi connectivity index (χ0v) is 11.3. The van der Waals surface area contributed by atoms with Gasteiger partial charge in [0.15, 0.2) is 0 Å². The zero-order chi connectivity index (χ0) is 14.5. The van der Waals surface area contributed by atoms with Gasteiger partial charge in [0.25, 0.3) is 0 Å². The molecule has 0 radical (unpaired) electrons. The van der Waals surface area contributed by atoms with Crippen LogP contribution in [-0.4, -0.2) is 26.1 Å². The average molecular weight is 357 g/mol. The lowest BCUT2D eigenvalue weighted by molar-refractivity contribution is -0.189. The van der Waals surface area contributed by atoms with E-state index in [-0.39, 0.29) is 56.8 Å². The fourth-order valence-corrected chi connectivity index (χ4v) is 0.572. The van der Waals surface area contributed by atoms with E-state index in [1.54, 1.807) is 6.92 Å². The second kappa shape index (κ2) is 37.6. The molecule has 0 aromatic rings. The minimum Gasteiger partial charge on any atom is -0.320 e. The number of ether oxygens (including phenoxy) is 1. The maximum Gasteiger partial charge on any atom is 0.378 e. The Bertz CT molecular complexity index is 172. The Morgan fingerprint density at radius 1 is 1.04 bits per heavy atom. The van der Waals surface area contributed by atoms with Crippen molar-refractivity contribution in [3.63, 3.8) is 0 Å². The van der Waals surface area contributed by atoms with Gasteiger partial charge in [-0.2, -0.15) is 8.78 Å². The lowest BCUT2D eigenvalue weighted by Gasteiger charge is -2.11. The third kappa shape index (κ3) is 61.9. The molecule has 0 aliphatic rings. The van der Waals surface area contributed by atoms with Crippen molar-refractivity contribution in [2.45, 2.75) is 97.4 Å². The van der Waals surface area contributed by atoms with Crippen molar-refractivity contribution in [2.24, 2.45) is 0 Å². The van der Waals surface area contributed by atoms with Gasteiger partial charge in [0.1, 0.15) is 0 Å². The number of rotatable bonds is 4. The monoisotopic (exact) mass is 356 g/mol. The predicted octanol–water partition coefficient (Wildman–Crippen LogP) is 8.74. The van der Waals surface area contributed by atoms with Crippen LogP contribution in [0.15, 0.2) is 12.2 Å². The van der Waals surface area contributed by atoms with Crippen molar-refractivity contribution in [2.75, 3.05) is 13.8 Å². The van der Waals surface area contributed by atoms with E-state index < -0.39 is 12.3 Å². The van der Waals surface area contributed by atoms with Gasteiger partial charge in [-0.15, -0.1) is 0 Å². The van der Waals surface area contributed by atoms with Crippen molar-refractivity contribution < 1.29 is 22.3 Å². The predicted molar refractivity (Wildman–Crippen MR) is 104 cm³/mol. The zero-order valence-electron chi connectivity index (χ0n) is 11.3. The number of hydrogen-bond acceptors (Lipinski definition) is 1. The summed E-state index contributed by atoms with van der Waals surface area (Å²) in [6.07, 6.45) is -2.09. The smallest absolute Gasteiger partial charge is 0.320 e. The highest BCUT2D eigenvalue weighted by atomic mass is 19.3. The van der Waals surface area contributed by atoms with Crippen molar-refractivity contribution in [3.8, 4) is 0 Å². The van der Waals surface area contributed by atoms with Crippen LogP contribution in [0.4, 0.5) is 17.6 Å². The third-order valence-corrected chi connectivity index (χ3v) is 1.44. The van der Waals surface area contributed by atoms with Crippen molar-refractivity contribution in [1.82, 2.24) is 0 Å². The Kier molecular flexibility index (Phi) is 93.3. The molecule has 0 bridgehead atoms. The summed E-state index contributed by atoms with van der Waals surface area (Å²) >= 11 is 0. The SMILES string of the molecule is C.C.C.C.C.C.C=C(C)C(F)(F)OC.CCCC(C)F.CCF.